The van der Waals surface area contributed by atoms with Crippen LogP contribution in [0.15, 0.2) is 41.2 Å². The van der Waals surface area contributed by atoms with Gasteiger partial charge < -0.3 is 10.1 Å². The van der Waals surface area contributed by atoms with E-state index in [1.807, 2.05) is 79.7 Å². The highest BCUT2D eigenvalue weighted by atomic mass is 16.6. The van der Waals surface area contributed by atoms with E-state index in [1.54, 1.807) is 0 Å². The summed E-state index contributed by atoms with van der Waals surface area (Å²) >= 11 is 0. The summed E-state index contributed by atoms with van der Waals surface area (Å²) in [6.07, 6.45) is 7.91. The Kier molecular flexibility index (Phi) is 13.5. The summed E-state index contributed by atoms with van der Waals surface area (Å²) in [6, 6.07) is 0. The van der Waals surface area contributed by atoms with Crippen LogP contribution >= 0.6 is 0 Å². The Morgan fingerprint density at radius 2 is 1.77 bits per heavy atom. The topological polar surface area (TPSA) is 38.3 Å². The summed E-state index contributed by atoms with van der Waals surface area (Å²) in [4.78, 5) is 11.5. The van der Waals surface area contributed by atoms with Crippen LogP contribution in [-0.4, -0.2) is 24.7 Å². The van der Waals surface area contributed by atoms with Crippen molar-refractivity contribution >= 4 is 5.97 Å². The van der Waals surface area contributed by atoms with Gasteiger partial charge in [0.25, 0.3) is 0 Å². The van der Waals surface area contributed by atoms with E-state index in [1.165, 1.54) is 5.57 Å². The molecule has 0 aliphatic heterocycles. The Morgan fingerprint density at radius 1 is 1.18 bits per heavy atom. The van der Waals surface area contributed by atoms with Crippen LogP contribution in [0.4, 0.5) is 0 Å². The Bertz CT molecular complexity index is 431. The first-order valence-electron chi connectivity index (χ1n) is 8.10. The zero-order valence-corrected chi connectivity index (χ0v) is 15.5. The lowest BCUT2D eigenvalue weighted by atomic mass is 10.2. The van der Waals surface area contributed by atoms with Gasteiger partial charge in [-0.3, -0.25) is 4.79 Å². The van der Waals surface area contributed by atoms with Crippen molar-refractivity contribution in [2.24, 2.45) is 0 Å². The van der Waals surface area contributed by atoms with Crippen molar-refractivity contribution in [1.29, 1.82) is 0 Å². The van der Waals surface area contributed by atoms with Crippen molar-refractivity contribution in [3.05, 3.63) is 41.2 Å². The molecule has 0 aromatic rings. The molecule has 22 heavy (non-hydrogen) atoms. The Hall–Kier alpha value is -1.57. The Morgan fingerprint density at radius 3 is 2.32 bits per heavy atom. The van der Waals surface area contributed by atoms with Gasteiger partial charge in [-0.1, -0.05) is 45.4 Å². The van der Waals surface area contributed by atoms with Crippen LogP contribution in [0, 0.1) is 0 Å². The Balaban J connectivity index is 0. The first-order chi connectivity index (χ1) is 10.4. The second-order valence-corrected chi connectivity index (χ2v) is 5.27. The van der Waals surface area contributed by atoms with Crippen LogP contribution in [0.5, 0.6) is 0 Å². The summed E-state index contributed by atoms with van der Waals surface area (Å²) in [7, 11) is 0. The Labute approximate surface area is 136 Å². The summed E-state index contributed by atoms with van der Waals surface area (Å²) in [5.41, 5.74) is 4.92. The molecule has 0 bridgehead atoms. The molecule has 0 radical (unpaired) electrons. The number of carbonyl (C=O) groups is 1. The molecule has 3 heteroatoms. The van der Waals surface area contributed by atoms with Crippen molar-refractivity contribution in [3.63, 3.8) is 0 Å². The minimum absolute atomic E-state index is 0.211. The third-order valence-corrected chi connectivity index (χ3v) is 2.17. The monoisotopic (exact) mass is 307 g/mol. The summed E-state index contributed by atoms with van der Waals surface area (Å²) in [5.74, 6) is -0.237. The van der Waals surface area contributed by atoms with Gasteiger partial charge >= 0.3 is 5.97 Å². The first-order valence-corrected chi connectivity index (χ1v) is 8.10. The van der Waals surface area contributed by atoms with Gasteiger partial charge in [-0.15, -0.1) is 5.73 Å². The average Bonchev–Trinajstić information content (AvgIpc) is 2.66. The molecule has 3 nitrogen and oxygen atoms in total. The van der Waals surface area contributed by atoms with E-state index in [0.29, 0.717) is 6.54 Å². The van der Waals surface area contributed by atoms with E-state index in [9.17, 15) is 4.79 Å². The highest BCUT2D eigenvalue weighted by molar-refractivity contribution is 5.72. The zero-order valence-electron chi connectivity index (χ0n) is 15.5. The molecule has 1 aliphatic rings. The molecule has 0 saturated carbocycles. The third-order valence-electron chi connectivity index (χ3n) is 2.17. The quantitative estimate of drug-likeness (QED) is 0.611. The molecule has 0 spiro atoms. The number of carbonyl (C=O) groups excluding carboxylic acids is 1. The van der Waals surface area contributed by atoms with Gasteiger partial charge in [-0.05, 0) is 39.8 Å². The van der Waals surface area contributed by atoms with Gasteiger partial charge in [0.2, 0.25) is 0 Å². The molecule has 126 valence electrons. The maximum Gasteiger partial charge on any atom is 0.320 e. The normalized spacial score (nSPS) is 12.7. The van der Waals surface area contributed by atoms with Crippen molar-refractivity contribution in [2.75, 3.05) is 13.1 Å². The van der Waals surface area contributed by atoms with Crippen LogP contribution in [0.3, 0.4) is 0 Å². The summed E-state index contributed by atoms with van der Waals surface area (Å²) in [6.45, 7) is 16.4. The molecule has 1 rings (SSSR count). The molecule has 0 fully saturated rings. The van der Waals surface area contributed by atoms with Crippen molar-refractivity contribution in [2.45, 2.75) is 61.0 Å². The molecule has 1 aliphatic carbocycles. The summed E-state index contributed by atoms with van der Waals surface area (Å²) in [5, 5.41) is 3.05. The molecule has 1 N–H and O–H groups in total. The lowest BCUT2D eigenvalue weighted by Gasteiger charge is -2.19. The molecule has 0 saturated heterocycles. The number of esters is 1. The standard InChI is InChI=1S/C15H21NO2.2C2H6/c1-12-6-5-7-13(9-8-12)10-16-11-14(17)18-15(2,3)4;2*1-2/h5-6,8-9,16H,10-11H2,1-4H3;2*1-2H3. The van der Waals surface area contributed by atoms with Gasteiger partial charge in [0.05, 0.1) is 6.54 Å². The number of rotatable bonds is 4. The molecule has 0 unspecified atom stereocenters. The fourth-order valence-corrected chi connectivity index (χ4v) is 1.40. The first kappa shape index (κ1) is 22.7. The molecular weight excluding hydrogens is 274 g/mol. The van der Waals surface area contributed by atoms with Crippen LogP contribution in [0.1, 0.15) is 55.4 Å². The minimum Gasteiger partial charge on any atom is -0.459 e. The van der Waals surface area contributed by atoms with Gasteiger partial charge in [-0.2, -0.15) is 0 Å². The van der Waals surface area contributed by atoms with Crippen molar-refractivity contribution in [3.8, 4) is 0 Å². The second kappa shape index (κ2) is 13.1. The smallest absolute Gasteiger partial charge is 0.320 e. The summed E-state index contributed by atoms with van der Waals surface area (Å²) < 4.78 is 5.20. The van der Waals surface area contributed by atoms with Crippen LogP contribution in [0.2, 0.25) is 0 Å². The maximum atomic E-state index is 11.5. The molecule has 0 aromatic carbocycles. The van der Waals surface area contributed by atoms with Gasteiger partial charge in [0.1, 0.15) is 5.60 Å². The van der Waals surface area contributed by atoms with Gasteiger partial charge in [0.15, 0.2) is 0 Å². The molecular formula is C19H33NO2. The number of hydrogen-bond acceptors (Lipinski definition) is 3. The molecule has 0 amide bonds. The lowest BCUT2D eigenvalue weighted by Crippen LogP contribution is -2.32. The fourth-order valence-electron chi connectivity index (χ4n) is 1.40. The van der Waals surface area contributed by atoms with Crippen LogP contribution in [0.25, 0.3) is 0 Å². The van der Waals surface area contributed by atoms with E-state index in [-0.39, 0.29) is 12.5 Å². The average molecular weight is 307 g/mol. The van der Waals surface area contributed by atoms with E-state index >= 15 is 0 Å². The molecule has 0 aromatic heterocycles. The van der Waals surface area contributed by atoms with Crippen LogP contribution < -0.4 is 5.32 Å². The third kappa shape index (κ3) is 13.4. The van der Waals surface area contributed by atoms with E-state index in [0.717, 1.165) is 5.57 Å². The van der Waals surface area contributed by atoms with E-state index in [4.69, 9.17) is 4.74 Å². The second-order valence-electron chi connectivity index (χ2n) is 5.27. The molecule has 0 heterocycles. The zero-order chi connectivity index (χ0) is 17.6. The lowest BCUT2D eigenvalue weighted by molar-refractivity contribution is -0.153. The van der Waals surface area contributed by atoms with Crippen LogP contribution in [-0.2, 0) is 9.53 Å². The number of allylic oxidation sites excluding steroid dienone is 3. The maximum absolute atomic E-state index is 11.5. The number of nitrogens with one attached hydrogen (secondary N) is 1. The predicted molar refractivity (Wildman–Crippen MR) is 95.9 cm³/mol. The van der Waals surface area contributed by atoms with Crippen molar-refractivity contribution in [1.82, 2.24) is 5.32 Å². The minimum atomic E-state index is -0.429. The SMILES string of the molecule is CC.CC.CC1=CC=C=C(CNCC(=O)OC(C)(C)C)C=C1. The predicted octanol–water partition coefficient (Wildman–Crippen LogP) is 4.57. The highest BCUT2D eigenvalue weighted by Gasteiger charge is 2.15. The fraction of sp³-hybridized carbons (Fsp3) is 0.579. The number of hydrogen-bond donors (Lipinski definition) is 1. The van der Waals surface area contributed by atoms with E-state index < -0.39 is 5.60 Å². The largest absolute Gasteiger partial charge is 0.459 e. The number of ether oxygens (including phenoxy) is 1. The van der Waals surface area contributed by atoms with Gasteiger partial charge in [-0.25, -0.2) is 0 Å². The van der Waals surface area contributed by atoms with Crippen molar-refractivity contribution < 1.29 is 9.53 Å². The van der Waals surface area contributed by atoms with Gasteiger partial charge in [0, 0.05) is 12.1 Å². The molecule has 0 atom stereocenters. The highest BCUT2D eigenvalue weighted by Crippen LogP contribution is 2.07. The van der Waals surface area contributed by atoms with E-state index in [2.05, 4.69) is 11.0 Å².